The first kappa shape index (κ1) is 10.9. The maximum absolute atomic E-state index is 12.0. The average molecular weight is 258 g/mol. The molecule has 0 aliphatic rings. The number of nitrogens with one attached hydrogen (secondary N) is 2. The van der Waals surface area contributed by atoms with Crippen molar-refractivity contribution >= 4 is 33.4 Å². The molecule has 0 radical (unpaired) electrons. The molecule has 0 aromatic carbocycles. The van der Waals surface area contributed by atoms with E-state index >= 15 is 0 Å². The Kier molecular flexibility index (Phi) is 2.56. The molecule has 3 aromatic heterocycles. The normalized spacial score (nSPS) is 10.7. The van der Waals surface area contributed by atoms with Crippen molar-refractivity contribution in [1.29, 1.82) is 0 Å². The van der Waals surface area contributed by atoms with E-state index in [4.69, 9.17) is 0 Å². The van der Waals surface area contributed by atoms with Gasteiger partial charge in [0, 0.05) is 11.6 Å². The van der Waals surface area contributed by atoms with Crippen LogP contribution in [0.5, 0.6) is 0 Å². The molecule has 3 heterocycles. The largest absolute Gasteiger partial charge is 0.349 e. The Balaban J connectivity index is 1.87. The van der Waals surface area contributed by atoms with Crippen LogP contribution in [-0.2, 0) is 0 Å². The topological polar surface area (TPSA) is 70.7 Å². The molecule has 0 fully saturated rings. The molecule has 3 rings (SSSR count). The summed E-state index contributed by atoms with van der Waals surface area (Å²) in [5, 5.41) is 5.24. The van der Waals surface area contributed by atoms with Crippen molar-refractivity contribution in [3.05, 3.63) is 41.2 Å². The fraction of sp³-hybridized carbons (Fsp3) is 0.0833. The molecular formula is C12H10N4OS. The molecular weight excluding hydrogens is 248 g/mol. The standard InChI is InChI=1S/C12H10N4OS/c1-7-6-18-12(14-7)16-11(17)10-5-9-8(15-10)3-2-4-13-9/h2-6,15H,1H3,(H,14,16,17). The highest BCUT2D eigenvalue weighted by atomic mass is 32.1. The highest BCUT2D eigenvalue weighted by molar-refractivity contribution is 7.13. The molecule has 0 saturated heterocycles. The first-order valence-electron chi connectivity index (χ1n) is 5.39. The summed E-state index contributed by atoms with van der Waals surface area (Å²) in [6, 6.07) is 5.43. The number of rotatable bonds is 2. The number of hydrogen-bond acceptors (Lipinski definition) is 4. The van der Waals surface area contributed by atoms with Gasteiger partial charge in [-0.3, -0.25) is 15.1 Å². The van der Waals surface area contributed by atoms with E-state index in [1.54, 1.807) is 12.3 Å². The number of carbonyl (C=O) groups is 1. The van der Waals surface area contributed by atoms with Gasteiger partial charge in [-0.15, -0.1) is 11.3 Å². The van der Waals surface area contributed by atoms with Crippen LogP contribution in [0.25, 0.3) is 11.0 Å². The number of aromatic nitrogens is 3. The molecule has 6 heteroatoms. The van der Waals surface area contributed by atoms with Gasteiger partial charge in [0.1, 0.15) is 5.69 Å². The summed E-state index contributed by atoms with van der Waals surface area (Å²) < 4.78 is 0. The minimum Gasteiger partial charge on any atom is -0.349 e. The predicted octanol–water partition coefficient (Wildman–Crippen LogP) is 2.58. The van der Waals surface area contributed by atoms with Crippen molar-refractivity contribution in [3.63, 3.8) is 0 Å². The zero-order chi connectivity index (χ0) is 12.5. The van der Waals surface area contributed by atoms with Gasteiger partial charge in [-0.25, -0.2) is 4.98 Å². The van der Waals surface area contributed by atoms with E-state index in [2.05, 4.69) is 20.3 Å². The van der Waals surface area contributed by atoms with Crippen LogP contribution in [0.2, 0.25) is 0 Å². The molecule has 0 atom stereocenters. The number of hydrogen-bond donors (Lipinski definition) is 2. The van der Waals surface area contributed by atoms with Crippen LogP contribution < -0.4 is 5.32 Å². The van der Waals surface area contributed by atoms with Gasteiger partial charge in [0.25, 0.3) is 5.91 Å². The van der Waals surface area contributed by atoms with Gasteiger partial charge in [0.15, 0.2) is 5.13 Å². The van der Waals surface area contributed by atoms with Crippen molar-refractivity contribution < 1.29 is 4.79 Å². The smallest absolute Gasteiger partial charge is 0.273 e. The molecule has 0 aliphatic carbocycles. The molecule has 2 N–H and O–H groups in total. The third kappa shape index (κ3) is 1.98. The quantitative estimate of drug-likeness (QED) is 0.742. The molecule has 0 saturated carbocycles. The van der Waals surface area contributed by atoms with E-state index in [0.29, 0.717) is 10.8 Å². The lowest BCUT2D eigenvalue weighted by Gasteiger charge is -1.97. The molecule has 0 spiro atoms. The molecule has 5 nitrogen and oxygen atoms in total. The monoisotopic (exact) mass is 258 g/mol. The predicted molar refractivity (Wildman–Crippen MR) is 70.9 cm³/mol. The van der Waals surface area contributed by atoms with Crippen LogP contribution in [0.15, 0.2) is 29.8 Å². The maximum Gasteiger partial charge on any atom is 0.273 e. The summed E-state index contributed by atoms with van der Waals surface area (Å²) in [7, 11) is 0. The second-order valence-electron chi connectivity index (χ2n) is 3.87. The molecule has 3 aromatic rings. The Morgan fingerprint density at radius 3 is 3.11 bits per heavy atom. The number of thiazole rings is 1. The second kappa shape index (κ2) is 4.23. The average Bonchev–Trinajstić information content (AvgIpc) is 2.95. The zero-order valence-corrected chi connectivity index (χ0v) is 10.4. The van der Waals surface area contributed by atoms with E-state index in [9.17, 15) is 4.79 Å². The lowest BCUT2D eigenvalue weighted by atomic mass is 10.3. The SMILES string of the molecule is Cc1csc(NC(=O)c2cc3ncccc3[nH]2)n1. The van der Waals surface area contributed by atoms with E-state index < -0.39 is 0 Å². The summed E-state index contributed by atoms with van der Waals surface area (Å²) in [6.07, 6.45) is 1.70. The van der Waals surface area contributed by atoms with Gasteiger partial charge in [-0.05, 0) is 25.1 Å². The summed E-state index contributed by atoms with van der Waals surface area (Å²) >= 11 is 1.41. The van der Waals surface area contributed by atoms with Crippen LogP contribution >= 0.6 is 11.3 Å². The van der Waals surface area contributed by atoms with Crippen LogP contribution in [0, 0.1) is 6.92 Å². The first-order valence-corrected chi connectivity index (χ1v) is 6.27. The Morgan fingerprint density at radius 1 is 1.50 bits per heavy atom. The summed E-state index contributed by atoms with van der Waals surface area (Å²) in [6.45, 7) is 1.89. The van der Waals surface area contributed by atoms with Crippen LogP contribution in [0.3, 0.4) is 0 Å². The van der Waals surface area contributed by atoms with E-state index in [1.165, 1.54) is 11.3 Å². The Bertz CT molecular complexity index is 683. The highest BCUT2D eigenvalue weighted by Gasteiger charge is 2.11. The van der Waals surface area contributed by atoms with Crippen molar-refractivity contribution in [2.75, 3.05) is 5.32 Å². The van der Waals surface area contributed by atoms with Gasteiger partial charge < -0.3 is 4.98 Å². The third-order valence-electron chi connectivity index (χ3n) is 2.47. The molecule has 1 amide bonds. The van der Waals surface area contributed by atoms with Gasteiger partial charge >= 0.3 is 0 Å². The Morgan fingerprint density at radius 2 is 2.39 bits per heavy atom. The minimum absolute atomic E-state index is 0.206. The highest BCUT2D eigenvalue weighted by Crippen LogP contribution is 2.17. The fourth-order valence-electron chi connectivity index (χ4n) is 1.65. The van der Waals surface area contributed by atoms with E-state index in [-0.39, 0.29) is 5.91 Å². The van der Waals surface area contributed by atoms with Gasteiger partial charge in [-0.1, -0.05) is 0 Å². The molecule has 18 heavy (non-hydrogen) atoms. The summed E-state index contributed by atoms with van der Waals surface area (Å²) in [4.78, 5) is 23.4. The molecule has 0 bridgehead atoms. The van der Waals surface area contributed by atoms with Gasteiger partial charge in [0.05, 0.1) is 16.7 Å². The van der Waals surface area contributed by atoms with Crippen LogP contribution in [0.1, 0.15) is 16.2 Å². The maximum atomic E-state index is 12.0. The minimum atomic E-state index is -0.206. The lowest BCUT2D eigenvalue weighted by Crippen LogP contribution is -2.11. The van der Waals surface area contributed by atoms with E-state index in [0.717, 1.165) is 16.7 Å². The summed E-state index contributed by atoms with van der Waals surface area (Å²) in [5.41, 5.74) is 3.00. The van der Waals surface area contributed by atoms with Gasteiger partial charge in [-0.2, -0.15) is 0 Å². The number of aryl methyl sites for hydroxylation is 1. The Labute approximate surface area is 107 Å². The van der Waals surface area contributed by atoms with Crippen molar-refractivity contribution in [3.8, 4) is 0 Å². The summed E-state index contributed by atoms with van der Waals surface area (Å²) in [5.74, 6) is -0.206. The number of nitrogens with zero attached hydrogens (tertiary/aromatic N) is 2. The number of aromatic amines is 1. The lowest BCUT2D eigenvalue weighted by molar-refractivity contribution is 0.102. The molecule has 90 valence electrons. The fourth-order valence-corrected chi connectivity index (χ4v) is 2.34. The first-order chi connectivity index (χ1) is 8.72. The Hall–Kier alpha value is -2.21. The van der Waals surface area contributed by atoms with E-state index in [1.807, 2.05) is 24.4 Å². The van der Waals surface area contributed by atoms with Crippen LogP contribution in [-0.4, -0.2) is 20.9 Å². The number of H-pyrrole nitrogens is 1. The van der Waals surface area contributed by atoms with Crippen molar-refractivity contribution in [2.24, 2.45) is 0 Å². The number of carbonyl (C=O) groups excluding carboxylic acids is 1. The zero-order valence-electron chi connectivity index (χ0n) is 9.60. The van der Waals surface area contributed by atoms with Gasteiger partial charge in [0.2, 0.25) is 0 Å². The third-order valence-corrected chi connectivity index (χ3v) is 3.35. The van der Waals surface area contributed by atoms with Crippen molar-refractivity contribution in [2.45, 2.75) is 6.92 Å². The number of anilines is 1. The number of pyridine rings is 1. The molecule has 0 unspecified atom stereocenters. The number of amides is 1. The van der Waals surface area contributed by atoms with Crippen LogP contribution in [0.4, 0.5) is 5.13 Å². The number of fused-ring (bicyclic) bond motifs is 1. The molecule has 0 aliphatic heterocycles. The van der Waals surface area contributed by atoms with Crippen molar-refractivity contribution in [1.82, 2.24) is 15.0 Å². The second-order valence-corrected chi connectivity index (χ2v) is 4.73.